The summed E-state index contributed by atoms with van der Waals surface area (Å²) in [5, 5.41) is 29.5. The van der Waals surface area contributed by atoms with Crippen LogP contribution in [0, 0.1) is 5.92 Å². The molecule has 6 unspecified atom stereocenters. The number of carbonyl (C=O) groups is 1. The summed E-state index contributed by atoms with van der Waals surface area (Å²) in [4.78, 5) is 13.3. The number of aliphatic hydroxyl groups is 1. The van der Waals surface area contributed by atoms with Crippen LogP contribution in [0.1, 0.15) is 32.1 Å². The minimum Gasteiger partial charge on any atom is -0.391 e. The third-order valence-electron chi connectivity index (χ3n) is 6.81. The van der Waals surface area contributed by atoms with Crippen LogP contribution in [-0.4, -0.2) is 64.9 Å². The second-order valence-corrected chi connectivity index (χ2v) is 9.28. The lowest BCUT2D eigenvalue weighted by molar-refractivity contribution is -0.145. The van der Waals surface area contributed by atoms with Gasteiger partial charge in [-0.2, -0.15) is 5.01 Å². The number of hydrogen-bond acceptors (Lipinski definition) is 7. The molecule has 1 amide bonds. The Morgan fingerprint density at radius 2 is 1.94 bits per heavy atom. The summed E-state index contributed by atoms with van der Waals surface area (Å²) in [5.74, 6) is -0.0185. The molecular formula is C22H31ClN6O2. The van der Waals surface area contributed by atoms with Gasteiger partial charge >= 0.3 is 0 Å². The van der Waals surface area contributed by atoms with Crippen LogP contribution in [-0.2, 0) is 4.79 Å². The number of halogens is 1. The molecule has 31 heavy (non-hydrogen) atoms. The van der Waals surface area contributed by atoms with Crippen molar-refractivity contribution in [3.63, 3.8) is 0 Å². The topological polar surface area (TPSA) is 91.9 Å². The van der Waals surface area contributed by atoms with Crippen LogP contribution < -0.4 is 21.3 Å². The smallest absolute Gasteiger partial charge is 0.244 e. The number of anilines is 1. The van der Waals surface area contributed by atoms with E-state index >= 15 is 0 Å². The van der Waals surface area contributed by atoms with Crippen LogP contribution in [0.2, 0.25) is 5.02 Å². The molecule has 4 aliphatic rings. The zero-order valence-corrected chi connectivity index (χ0v) is 18.3. The molecule has 2 bridgehead atoms. The van der Waals surface area contributed by atoms with Crippen LogP contribution in [0.4, 0.5) is 5.69 Å². The molecule has 5 N–H and O–H groups in total. The molecule has 9 heteroatoms. The SMILES string of the molecule is O=C1C2CNC(Nc3ccc(Cl)cc3)NC2N2C3CCCC(N3)C(O)CC/C=C\CN12. The highest BCUT2D eigenvalue weighted by Crippen LogP contribution is 2.32. The van der Waals surface area contributed by atoms with Gasteiger partial charge in [0, 0.05) is 23.3 Å². The predicted molar refractivity (Wildman–Crippen MR) is 120 cm³/mol. The number of nitrogens with zero attached hydrogens (tertiary/aromatic N) is 2. The highest BCUT2D eigenvalue weighted by atomic mass is 35.5. The van der Waals surface area contributed by atoms with Crippen LogP contribution in [0.3, 0.4) is 0 Å². The van der Waals surface area contributed by atoms with Gasteiger partial charge in [0.15, 0.2) is 0 Å². The van der Waals surface area contributed by atoms with E-state index < -0.39 is 0 Å². The molecule has 3 fully saturated rings. The van der Waals surface area contributed by atoms with E-state index in [1.54, 1.807) is 0 Å². The van der Waals surface area contributed by atoms with Gasteiger partial charge in [-0.05, 0) is 56.4 Å². The number of amides is 1. The Morgan fingerprint density at radius 1 is 1.10 bits per heavy atom. The summed E-state index contributed by atoms with van der Waals surface area (Å²) in [6, 6.07) is 7.65. The van der Waals surface area contributed by atoms with Gasteiger partial charge in [0.25, 0.3) is 0 Å². The average Bonchev–Trinajstić information content (AvgIpc) is 3.05. The lowest BCUT2D eigenvalue weighted by atomic mass is 9.95. The molecule has 8 nitrogen and oxygen atoms in total. The molecule has 5 rings (SSSR count). The Bertz CT molecular complexity index is 821. The molecule has 4 heterocycles. The first kappa shape index (κ1) is 21.2. The number of aliphatic hydroxyl groups excluding tert-OH is 1. The monoisotopic (exact) mass is 446 g/mol. The predicted octanol–water partition coefficient (Wildman–Crippen LogP) is 1.41. The largest absolute Gasteiger partial charge is 0.391 e. The second kappa shape index (κ2) is 9.05. The lowest BCUT2D eigenvalue weighted by Crippen LogP contribution is -2.68. The Balaban J connectivity index is 1.38. The molecule has 0 radical (unpaired) electrons. The third-order valence-corrected chi connectivity index (χ3v) is 7.06. The van der Waals surface area contributed by atoms with Gasteiger partial charge in [-0.3, -0.25) is 25.8 Å². The number of allylic oxidation sites excluding steroid dienone is 1. The van der Waals surface area contributed by atoms with E-state index in [4.69, 9.17) is 11.6 Å². The van der Waals surface area contributed by atoms with Gasteiger partial charge < -0.3 is 10.4 Å². The molecule has 3 saturated heterocycles. The zero-order valence-electron chi connectivity index (χ0n) is 17.5. The number of benzene rings is 1. The maximum atomic E-state index is 13.3. The molecule has 1 aromatic carbocycles. The van der Waals surface area contributed by atoms with Crippen molar-refractivity contribution in [1.29, 1.82) is 0 Å². The van der Waals surface area contributed by atoms with Gasteiger partial charge in [0.2, 0.25) is 5.91 Å². The summed E-state index contributed by atoms with van der Waals surface area (Å²) >= 11 is 6.01. The van der Waals surface area contributed by atoms with E-state index in [9.17, 15) is 9.90 Å². The van der Waals surface area contributed by atoms with Crippen LogP contribution in [0.25, 0.3) is 0 Å². The fourth-order valence-corrected chi connectivity index (χ4v) is 5.34. The minimum atomic E-state index is -0.367. The first-order chi connectivity index (χ1) is 15.1. The number of carbonyl (C=O) groups excluding carboxylic acids is 1. The zero-order chi connectivity index (χ0) is 21.4. The summed E-state index contributed by atoms with van der Waals surface area (Å²) in [5.41, 5.74) is 0.952. The van der Waals surface area contributed by atoms with Crippen LogP contribution in [0.5, 0.6) is 0 Å². The number of piperidine rings is 1. The molecule has 168 valence electrons. The average molecular weight is 447 g/mol. The van der Waals surface area contributed by atoms with E-state index in [0.717, 1.165) is 37.8 Å². The highest BCUT2D eigenvalue weighted by Gasteiger charge is 2.52. The number of fused-ring (bicyclic) bond motifs is 6. The van der Waals surface area contributed by atoms with Gasteiger partial charge in [-0.1, -0.05) is 23.8 Å². The number of nitrogens with one attached hydrogen (secondary N) is 4. The fraction of sp³-hybridized carbons (Fsp3) is 0.591. The summed E-state index contributed by atoms with van der Waals surface area (Å²) in [6.07, 6.45) is 8.01. The summed E-state index contributed by atoms with van der Waals surface area (Å²) < 4.78 is 0. The molecule has 6 atom stereocenters. The molecule has 0 aromatic heterocycles. The fourth-order valence-electron chi connectivity index (χ4n) is 5.21. The standard InChI is InChI=1S/C22H31ClN6O2/c23-14-8-10-15(11-9-14)25-22-24-13-16-20(27-22)29-19-7-4-5-17(26-19)18(30)6-2-1-3-12-28(29)21(16)31/h1,3,8-11,16-20,22,24-27,30H,2,4-7,12-13H2/b3-1-. The van der Waals surface area contributed by atoms with Crippen molar-refractivity contribution in [1.82, 2.24) is 26.0 Å². The maximum absolute atomic E-state index is 13.3. The van der Waals surface area contributed by atoms with E-state index in [2.05, 4.69) is 38.4 Å². The molecule has 4 aliphatic heterocycles. The molecule has 1 aromatic rings. The quantitative estimate of drug-likeness (QED) is 0.439. The minimum absolute atomic E-state index is 0.0145. The Morgan fingerprint density at radius 3 is 2.77 bits per heavy atom. The summed E-state index contributed by atoms with van der Waals surface area (Å²) in [6.45, 7) is 1.15. The molecule has 0 saturated carbocycles. The van der Waals surface area contributed by atoms with Crippen molar-refractivity contribution in [3.8, 4) is 0 Å². The maximum Gasteiger partial charge on any atom is 0.244 e. The lowest BCUT2D eigenvalue weighted by Gasteiger charge is -2.45. The van der Waals surface area contributed by atoms with Gasteiger partial charge in [-0.25, -0.2) is 0 Å². The first-order valence-electron chi connectivity index (χ1n) is 11.3. The van der Waals surface area contributed by atoms with E-state index in [1.807, 2.05) is 29.3 Å². The van der Waals surface area contributed by atoms with E-state index in [0.29, 0.717) is 18.1 Å². The number of hydrogen-bond donors (Lipinski definition) is 5. The van der Waals surface area contributed by atoms with Crippen LogP contribution >= 0.6 is 11.6 Å². The van der Waals surface area contributed by atoms with Crippen molar-refractivity contribution >= 4 is 23.2 Å². The van der Waals surface area contributed by atoms with Crippen LogP contribution in [0.15, 0.2) is 36.4 Å². The number of hydrazine groups is 1. The first-order valence-corrected chi connectivity index (χ1v) is 11.7. The Kier molecular flexibility index (Phi) is 6.19. The Labute approximate surface area is 188 Å². The van der Waals surface area contributed by atoms with Crippen molar-refractivity contribution in [2.24, 2.45) is 5.92 Å². The Hall–Kier alpha value is -1.68. The van der Waals surface area contributed by atoms with E-state index in [-0.39, 0.29) is 42.6 Å². The van der Waals surface area contributed by atoms with Gasteiger partial charge in [0.05, 0.1) is 30.9 Å². The van der Waals surface area contributed by atoms with Gasteiger partial charge in [-0.15, -0.1) is 0 Å². The normalized spacial score (nSPS) is 37.5. The highest BCUT2D eigenvalue weighted by molar-refractivity contribution is 6.30. The van der Waals surface area contributed by atoms with E-state index in [1.165, 1.54) is 0 Å². The van der Waals surface area contributed by atoms with Gasteiger partial charge in [0.1, 0.15) is 6.29 Å². The van der Waals surface area contributed by atoms with Crippen molar-refractivity contribution in [2.75, 3.05) is 18.4 Å². The summed E-state index contributed by atoms with van der Waals surface area (Å²) in [7, 11) is 0. The van der Waals surface area contributed by atoms with Crippen molar-refractivity contribution < 1.29 is 9.90 Å². The molecular weight excluding hydrogens is 416 g/mol. The molecule has 0 spiro atoms. The second-order valence-electron chi connectivity index (χ2n) is 8.85. The molecule has 0 aliphatic carbocycles. The van der Waals surface area contributed by atoms with Crippen molar-refractivity contribution in [3.05, 3.63) is 41.4 Å². The van der Waals surface area contributed by atoms with Crippen molar-refractivity contribution in [2.45, 2.75) is 62.9 Å². The number of rotatable bonds is 2. The third kappa shape index (κ3) is 4.33.